The molecule has 0 fully saturated rings. The van der Waals surface area contributed by atoms with E-state index in [2.05, 4.69) is 76.8 Å². The van der Waals surface area contributed by atoms with Gasteiger partial charge in [0.05, 0.1) is 0 Å². The van der Waals surface area contributed by atoms with Crippen molar-refractivity contribution in [3.63, 3.8) is 0 Å². The highest BCUT2D eigenvalue weighted by atomic mass is 127. The molecule has 0 aliphatic carbocycles. The van der Waals surface area contributed by atoms with Crippen LogP contribution in [-0.4, -0.2) is 0 Å². The molecule has 0 radical (unpaired) electrons. The molecule has 0 heterocycles. The molecule has 4 heteroatoms. The monoisotopic (exact) mass is 526 g/mol. The summed E-state index contributed by atoms with van der Waals surface area (Å²) in [5.41, 5.74) is 12.2. The van der Waals surface area contributed by atoms with Gasteiger partial charge in [-0.3, -0.25) is 0 Å². The van der Waals surface area contributed by atoms with Gasteiger partial charge in [0.25, 0.3) is 0 Å². The van der Waals surface area contributed by atoms with E-state index in [9.17, 15) is 0 Å². The predicted octanol–water partition coefficient (Wildman–Crippen LogP) is -2.19. The normalized spacial score (nSPS) is 10.1. The van der Waals surface area contributed by atoms with Gasteiger partial charge in [-0.1, -0.05) is 47.5 Å². The van der Waals surface area contributed by atoms with Crippen molar-refractivity contribution < 1.29 is 53.7 Å². The first kappa shape index (κ1) is 24.1. The van der Waals surface area contributed by atoms with Crippen molar-refractivity contribution >= 4 is 0 Å². The van der Waals surface area contributed by atoms with E-state index >= 15 is 0 Å². The summed E-state index contributed by atoms with van der Waals surface area (Å²) in [7, 11) is 0. The lowest BCUT2D eigenvalue weighted by Crippen LogP contribution is -3.00. The Hall–Kier alpha value is -0.180. The number of quaternary nitrogens is 2. The third-order valence-corrected chi connectivity index (χ3v) is 3.95. The lowest BCUT2D eigenvalue weighted by molar-refractivity contribution is -0.465. The molecule has 0 saturated heterocycles. The van der Waals surface area contributed by atoms with E-state index in [1.54, 1.807) is 0 Å². The summed E-state index contributed by atoms with van der Waals surface area (Å²) in [5.74, 6) is 0. The highest BCUT2D eigenvalue weighted by Crippen LogP contribution is 2.30. The van der Waals surface area contributed by atoms with Crippen molar-refractivity contribution in [2.75, 3.05) is 0 Å². The van der Waals surface area contributed by atoms with Gasteiger partial charge >= 0.3 is 0 Å². The third-order valence-electron chi connectivity index (χ3n) is 3.95. The average Bonchev–Trinajstić information content (AvgIpc) is 2.27. The van der Waals surface area contributed by atoms with Gasteiger partial charge in [-0.05, 0) is 45.7 Å². The molecule has 0 bridgehead atoms. The number of benzene rings is 2. The Balaban J connectivity index is 0. The van der Waals surface area contributed by atoms with E-state index in [1.807, 2.05) is 0 Å². The van der Waals surface area contributed by atoms with E-state index in [-0.39, 0.29) is 59.6 Å². The Morgan fingerprint density at radius 1 is 0.727 bits per heavy atom. The van der Waals surface area contributed by atoms with Crippen LogP contribution in [0.4, 0.5) is 0 Å². The molecule has 0 aliphatic heterocycles. The smallest absolute Gasteiger partial charge is 0.143 e. The fourth-order valence-corrected chi connectivity index (χ4v) is 3.01. The number of halogens is 2. The molecular formula is C18H28I2N2. The maximum Gasteiger partial charge on any atom is 0.143 e. The second-order valence-corrected chi connectivity index (χ2v) is 5.97. The summed E-state index contributed by atoms with van der Waals surface area (Å²) in [6.07, 6.45) is 0. The number of hydrogen-bond donors (Lipinski definition) is 2. The van der Waals surface area contributed by atoms with Crippen LogP contribution in [0.1, 0.15) is 40.3 Å². The molecule has 0 saturated carbocycles. The summed E-state index contributed by atoms with van der Waals surface area (Å²) in [4.78, 5) is 0. The van der Waals surface area contributed by atoms with Crippen LogP contribution in [0.5, 0.6) is 0 Å². The van der Waals surface area contributed by atoms with Crippen LogP contribution in [-0.2, 0) is 5.54 Å². The Bertz CT molecular complexity index is 569. The largest absolute Gasteiger partial charge is 1.00 e. The Morgan fingerprint density at radius 2 is 1.05 bits per heavy atom. The maximum atomic E-state index is 4.49. The molecule has 2 aromatic carbocycles. The van der Waals surface area contributed by atoms with Crippen molar-refractivity contribution in [2.24, 2.45) is 0 Å². The first-order valence-electron chi connectivity index (χ1n) is 6.83. The molecule has 22 heavy (non-hydrogen) atoms. The van der Waals surface area contributed by atoms with Crippen LogP contribution >= 0.6 is 0 Å². The van der Waals surface area contributed by atoms with E-state index in [0.29, 0.717) is 0 Å². The maximum absolute atomic E-state index is 4.49. The molecule has 0 aliphatic rings. The molecule has 0 aromatic heterocycles. The number of rotatable bonds is 2. The molecule has 0 spiro atoms. The first-order chi connectivity index (χ1) is 8.82. The Kier molecular flexibility index (Phi) is 10.1. The van der Waals surface area contributed by atoms with Crippen LogP contribution in [0.15, 0.2) is 36.4 Å². The molecular weight excluding hydrogens is 498 g/mol. The van der Waals surface area contributed by atoms with Gasteiger partial charge in [-0.25, -0.2) is 0 Å². The molecule has 7 N–H and O–H groups in total. The fraction of sp³-hybridized carbons (Fsp3) is 0.333. The quantitative estimate of drug-likeness (QED) is 0.418. The molecule has 2 aromatic rings. The predicted molar refractivity (Wildman–Crippen MR) is 87.2 cm³/mol. The van der Waals surface area contributed by atoms with E-state index in [4.69, 9.17) is 0 Å². The summed E-state index contributed by atoms with van der Waals surface area (Å²) < 4.78 is 0. The molecule has 0 amide bonds. The molecule has 2 nitrogen and oxygen atoms in total. The highest BCUT2D eigenvalue weighted by molar-refractivity contribution is 5.44. The summed E-state index contributed by atoms with van der Waals surface area (Å²) >= 11 is 0. The van der Waals surface area contributed by atoms with Crippen LogP contribution in [0.25, 0.3) is 0 Å². The first-order valence-corrected chi connectivity index (χ1v) is 6.83. The van der Waals surface area contributed by atoms with Gasteiger partial charge in [-0.2, -0.15) is 0 Å². The molecule has 0 unspecified atom stereocenters. The van der Waals surface area contributed by atoms with Crippen molar-refractivity contribution in [1.29, 1.82) is 0 Å². The minimum Gasteiger partial charge on any atom is -1.00 e. The van der Waals surface area contributed by atoms with E-state index in [1.165, 1.54) is 33.4 Å². The highest BCUT2D eigenvalue weighted by Gasteiger charge is 2.31. The molecule has 124 valence electrons. The van der Waals surface area contributed by atoms with Gasteiger partial charge < -0.3 is 59.8 Å². The van der Waals surface area contributed by atoms with Gasteiger partial charge in [0.1, 0.15) is 5.54 Å². The van der Waals surface area contributed by atoms with Gasteiger partial charge in [0.15, 0.2) is 0 Å². The second kappa shape index (κ2) is 9.20. The lowest BCUT2D eigenvalue weighted by Gasteiger charge is -2.26. The van der Waals surface area contributed by atoms with Crippen LogP contribution in [0.2, 0.25) is 0 Å². The SMILES string of the molecule is Cc1ccc(C(C)([NH3+])c2ccc(C)cc2C)c(C)c1.[I-].[I-].[NH4+]. The standard InChI is InChI=1S/C18H23N.2HI.H3N/c1-12-6-8-16(14(3)10-12)18(5,19)17-9-7-13(2)11-15(17)4;;;/h6-11H,19H2,1-5H3;2*1H;1H3. The van der Waals surface area contributed by atoms with Crippen LogP contribution in [0.3, 0.4) is 0 Å². The minimum atomic E-state index is -0.199. The lowest BCUT2D eigenvalue weighted by atomic mass is 9.80. The zero-order chi connectivity index (χ0) is 14.2. The number of aryl methyl sites for hydroxylation is 4. The van der Waals surface area contributed by atoms with Gasteiger partial charge in [0, 0.05) is 11.1 Å². The molecule has 0 atom stereocenters. The van der Waals surface area contributed by atoms with Gasteiger partial charge in [-0.15, -0.1) is 0 Å². The summed E-state index contributed by atoms with van der Waals surface area (Å²) in [6, 6.07) is 13.3. The van der Waals surface area contributed by atoms with Crippen molar-refractivity contribution in [3.8, 4) is 0 Å². The fourth-order valence-electron chi connectivity index (χ4n) is 3.01. The Morgan fingerprint density at radius 3 is 1.32 bits per heavy atom. The average molecular weight is 526 g/mol. The summed E-state index contributed by atoms with van der Waals surface area (Å²) in [5, 5.41) is 0. The van der Waals surface area contributed by atoms with Crippen molar-refractivity contribution in [2.45, 2.75) is 40.2 Å². The van der Waals surface area contributed by atoms with E-state index in [0.717, 1.165) is 0 Å². The van der Waals surface area contributed by atoms with Crippen LogP contribution < -0.4 is 59.8 Å². The zero-order valence-electron chi connectivity index (χ0n) is 14.4. The topological polar surface area (TPSA) is 64.1 Å². The van der Waals surface area contributed by atoms with Crippen LogP contribution in [0, 0.1) is 27.7 Å². The van der Waals surface area contributed by atoms with E-state index < -0.39 is 0 Å². The van der Waals surface area contributed by atoms with Gasteiger partial charge in [0.2, 0.25) is 0 Å². The molecule has 2 rings (SSSR count). The Labute approximate surface area is 168 Å². The zero-order valence-corrected chi connectivity index (χ0v) is 18.7. The summed E-state index contributed by atoms with van der Waals surface area (Å²) in [6.45, 7) is 10.8. The van der Waals surface area contributed by atoms with Crippen molar-refractivity contribution in [3.05, 3.63) is 69.8 Å². The minimum absolute atomic E-state index is 0. The second-order valence-electron chi connectivity index (χ2n) is 5.97. The third kappa shape index (κ3) is 4.91. The number of hydrogen-bond acceptors (Lipinski definition) is 0. The van der Waals surface area contributed by atoms with Crippen molar-refractivity contribution in [1.82, 2.24) is 6.15 Å².